The Hall–Kier alpha value is -2.74. The molecule has 0 saturated carbocycles. The Labute approximate surface area is 167 Å². The molecule has 2 aromatic rings. The lowest BCUT2D eigenvalue weighted by Crippen LogP contribution is -2.18. The van der Waals surface area contributed by atoms with Crippen molar-refractivity contribution in [1.29, 1.82) is 0 Å². The highest BCUT2D eigenvalue weighted by Gasteiger charge is 2.18. The number of amides is 1. The molecule has 1 amide bonds. The Morgan fingerprint density at radius 1 is 1.30 bits per heavy atom. The van der Waals surface area contributed by atoms with Crippen molar-refractivity contribution in [1.82, 2.24) is 4.83 Å². The molecule has 2 aromatic carbocycles. The molecule has 0 radical (unpaired) electrons. The maximum atomic E-state index is 12.2. The number of benzene rings is 2. The zero-order chi connectivity index (χ0) is 20.2. The molecule has 0 aliphatic rings. The second kappa shape index (κ2) is 8.30. The van der Waals surface area contributed by atoms with Gasteiger partial charge in [0.05, 0.1) is 16.0 Å². The Morgan fingerprint density at radius 2 is 1.93 bits per heavy atom. The van der Waals surface area contributed by atoms with E-state index in [-0.39, 0.29) is 16.4 Å². The van der Waals surface area contributed by atoms with Crippen molar-refractivity contribution in [3.05, 3.63) is 55.6 Å². The number of anilines is 1. The zero-order valence-electron chi connectivity index (χ0n) is 13.7. The van der Waals surface area contributed by atoms with Gasteiger partial charge in [-0.05, 0) is 52.9 Å². The number of carbonyl (C=O) groups is 1. The molecule has 0 heterocycles. The number of aromatic hydroxyl groups is 1. The van der Waals surface area contributed by atoms with E-state index >= 15 is 0 Å². The SMILES string of the molecule is CC(=O)Nc1ccc(S(=O)(=O)N/N=C/c2cc(I)cc([N+](=O)[O-])c2O)cc1. The van der Waals surface area contributed by atoms with Gasteiger partial charge in [-0.25, -0.2) is 4.83 Å². The molecule has 0 aliphatic heterocycles. The summed E-state index contributed by atoms with van der Waals surface area (Å²) in [6, 6.07) is 7.95. The molecule has 0 fully saturated rings. The summed E-state index contributed by atoms with van der Waals surface area (Å²) in [7, 11) is -4.00. The van der Waals surface area contributed by atoms with Gasteiger partial charge in [0.15, 0.2) is 0 Å². The van der Waals surface area contributed by atoms with Gasteiger partial charge >= 0.3 is 5.69 Å². The summed E-state index contributed by atoms with van der Waals surface area (Å²) in [5.41, 5.74) is -0.0990. The normalized spacial score (nSPS) is 11.3. The predicted octanol–water partition coefficient (Wildman–Crippen LogP) is 2.18. The number of halogens is 1. The topological polar surface area (TPSA) is 151 Å². The van der Waals surface area contributed by atoms with Crippen LogP contribution in [0, 0.1) is 13.7 Å². The number of sulfonamides is 1. The monoisotopic (exact) mass is 504 g/mol. The number of phenolic OH excluding ortho intramolecular Hbond substituents is 1. The average Bonchev–Trinajstić information content (AvgIpc) is 2.57. The van der Waals surface area contributed by atoms with Gasteiger partial charge < -0.3 is 10.4 Å². The van der Waals surface area contributed by atoms with E-state index in [1.54, 1.807) is 0 Å². The molecule has 10 nitrogen and oxygen atoms in total. The van der Waals surface area contributed by atoms with Crippen LogP contribution in [0.3, 0.4) is 0 Å². The fourth-order valence-electron chi connectivity index (χ4n) is 1.98. The van der Waals surface area contributed by atoms with Crippen LogP contribution in [0.5, 0.6) is 5.75 Å². The van der Waals surface area contributed by atoms with Crippen LogP contribution in [0.4, 0.5) is 11.4 Å². The highest BCUT2D eigenvalue weighted by Crippen LogP contribution is 2.30. The molecule has 0 unspecified atom stereocenters. The van der Waals surface area contributed by atoms with Crippen LogP contribution in [0.25, 0.3) is 0 Å². The first-order valence-corrected chi connectivity index (χ1v) is 9.76. The summed E-state index contributed by atoms with van der Waals surface area (Å²) in [5.74, 6) is -0.914. The van der Waals surface area contributed by atoms with Crippen LogP contribution in [0.2, 0.25) is 0 Å². The average molecular weight is 504 g/mol. The molecular weight excluding hydrogens is 491 g/mol. The van der Waals surface area contributed by atoms with Gasteiger partial charge in [-0.15, -0.1) is 0 Å². The van der Waals surface area contributed by atoms with Gasteiger partial charge in [-0.3, -0.25) is 14.9 Å². The number of nitrogens with one attached hydrogen (secondary N) is 2. The fraction of sp³-hybridized carbons (Fsp3) is 0.0667. The third-order valence-corrected chi connectivity index (χ3v) is 5.00. The number of nitro benzene ring substituents is 1. The quantitative estimate of drug-likeness (QED) is 0.238. The predicted molar refractivity (Wildman–Crippen MR) is 106 cm³/mol. The number of nitro groups is 1. The minimum Gasteiger partial charge on any atom is -0.502 e. The van der Waals surface area contributed by atoms with Crippen LogP contribution in [0.1, 0.15) is 12.5 Å². The van der Waals surface area contributed by atoms with Gasteiger partial charge in [0.25, 0.3) is 10.0 Å². The fourth-order valence-corrected chi connectivity index (χ4v) is 3.40. The Morgan fingerprint density at radius 3 is 2.48 bits per heavy atom. The Bertz CT molecular complexity index is 1020. The highest BCUT2D eigenvalue weighted by atomic mass is 127. The molecule has 27 heavy (non-hydrogen) atoms. The van der Waals surface area contributed by atoms with Crippen molar-refractivity contribution < 1.29 is 23.2 Å². The number of hydrogen-bond donors (Lipinski definition) is 3. The van der Waals surface area contributed by atoms with Crippen molar-refractivity contribution in [2.45, 2.75) is 11.8 Å². The summed E-state index contributed by atoms with van der Waals surface area (Å²) in [6.45, 7) is 1.32. The second-order valence-electron chi connectivity index (χ2n) is 5.18. The van der Waals surface area contributed by atoms with Crippen molar-refractivity contribution in [3.63, 3.8) is 0 Å². The number of nitrogens with zero attached hydrogens (tertiary/aromatic N) is 2. The first-order valence-electron chi connectivity index (χ1n) is 7.19. The third kappa shape index (κ3) is 5.37. The van der Waals surface area contributed by atoms with E-state index in [4.69, 9.17) is 0 Å². The largest absolute Gasteiger partial charge is 0.502 e. The molecule has 142 valence electrons. The summed E-state index contributed by atoms with van der Waals surface area (Å²) >= 11 is 1.82. The maximum Gasteiger partial charge on any atom is 0.312 e. The lowest BCUT2D eigenvalue weighted by atomic mass is 10.2. The van der Waals surface area contributed by atoms with E-state index in [0.717, 1.165) is 6.21 Å². The molecule has 3 N–H and O–H groups in total. The first kappa shape index (κ1) is 20.6. The number of rotatable bonds is 6. The summed E-state index contributed by atoms with van der Waals surface area (Å²) < 4.78 is 24.9. The number of phenols is 1. The number of hydrogen-bond acceptors (Lipinski definition) is 7. The lowest BCUT2D eigenvalue weighted by Gasteiger charge is -2.06. The molecule has 0 aliphatic carbocycles. The van der Waals surface area contributed by atoms with Gasteiger partial charge in [0, 0.05) is 27.8 Å². The maximum absolute atomic E-state index is 12.2. The van der Waals surface area contributed by atoms with Gasteiger partial charge in [-0.1, -0.05) is 0 Å². The van der Waals surface area contributed by atoms with E-state index in [2.05, 4.69) is 10.4 Å². The third-order valence-electron chi connectivity index (χ3n) is 3.14. The summed E-state index contributed by atoms with van der Waals surface area (Å²) in [6.07, 6.45) is 0.966. The van der Waals surface area contributed by atoms with Crippen LogP contribution in [-0.4, -0.2) is 30.6 Å². The number of hydrazone groups is 1. The van der Waals surface area contributed by atoms with E-state index in [9.17, 15) is 28.4 Å². The van der Waals surface area contributed by atoms with E-state index in [0.29, 0.717) is 9.26 Å². The molecule has 0 saturated heterocycles. The molecule has 0 atom stereocenters. The molecule has 0 spiro atoms. The van der Waals surface area contributed by atoms with E-state index < -0.39 is 26.4 Å². The minimum atomic E-state index is -4.00. The summed E-state index contributed by atoms with van der Waals surface area (Å²) in [4.78, 5) is 23.0. The minimum absolute atomic E-state index is 0.0164. The first-order chi connectivity index (χ1) is 12.6. The van der Waals surface area contributed by atoms with Crippen LogP contribution in [0.15, 0.2) is 46.4 Å². The standard InChI is InChI=1S/C15H13IN4O6S/c1-9(21)18-12-2-4-13(5-3-12)27(25,26)19-17-8-10-6-11(16)7-14(15(10)22)20(23)24/h2-8,19,22H,1H3,(H,18,21)/b17-8+. The van der Waals surface area contributed by atoms with Crippen molar-refractivity contribution >= 4 is 56.1 Å². The highest BCUT2D eigenvalue weighted by molar-refractivity contribution is 14.1. The smallest absolute Gasteiger partial charge is 0.312 e. The van der Waals surface area contributed by atoms with Gasteiger partial charge in [0.1, 0.15) is 0 Å². The van der Waals surface area contributed by atoms with Crippen molar-refractivity contribution in [2.24, 2.45) is 5.10 Å². The molecule has 2 rings (SSSR count). The van der Waals surface area contributed by atoms with Crippen LogP contribution in [-0.2, 0) is 14.8 Å². The van der Waals surface area contributed by atoms with Crippen molar-refractivity contribution in [3.8, 4) is 5.75 Å². The molecule has 0 aromatic heterocycles. The second-order valence-corrected chi connectivity index (χ2v) is 8.08. The molecule has 0 bridgehead atoms. The number of carbonyl (C=O) groups excluding carboxylic acids is 1. The molecular formula is C15H13IN4O6S. The summed E-state index contributed by atoms with van der Waals surface area (Å²) in [5, 5.41) is 26.8. The van der Waals surface area contributed by atoms with Crippen LogP contribution >= 0.6 is 22.6 Å². The van der Waals surface area contributed by atoms with Crippen molar-refractivity contribution in [2.75, 3.05) is 5.32 Å². The Kier molecular flexibility index (Phi) is 6.32. The molecule has 12 heteroatoms. The zero-order valence-corrected chi connectivity index (χ0v) is 16.7. The van der Waals surface area contributed by atoms with E-state index in [1.807, 2.05) is 27.4 Å². The van der Waals surface area contributed by atoms with E-state index in [1.165, 1.54) is 43.3 Å². The van der Waals surface area contributed by atoms with Crippen LogP contribution < -0.4 is 10.1 Å². The lowest BCUT2D eigenvalue weighted by molar-refractivity contribution is -0.386. The van der Waals surface area contributed by atoms with Gasteiger partial charge in [0.2, 0.25) is 11.7 Å². The Balaban J connectivity index is 2.20. The van der Waals surface area contributed by atoms with Gasteiger partial charge in [-0.2, -0.15) is 13.5 Å².